The molecule has 6 nitrogen and oxygen atoms in total. The van der Waals surface area contributed by atoms with Crippen LogP contribution in [-0.2, 0) is 12.8 Å². The molecule has 21 heavy (non-hydrogen) atoms. The fraction of sp³-hybridized carbons (Fsp3) is 0.231. The van der Waals surface area contributed by atoms with E-state index in [9.17, 15) is 0 Å². The number of benzene rings is 1. The van der Waals surface area contributed by atoms with E-state index in [0.29, 0.717) is 0 Å². The van der Waals surface area contributed by atoms with Gasteiger partial charge in [0.05, 0.1) is 5.69 Å². The predicted molar refractivity (Wildman–Crippen MR) is 84.9 cm³/mol. The van der Waals surface area contributed by atoms with Gasteiger partial charge in [0.1, 0.15) is 0 Å². The van der Waals surface area contributed by atoms with Crippen molar-refractivity contribution in [3.05, 3.63) is 40.9 Å². The van der Waals surface area contributed by atoms with E-state index in [0.717, 1.165) is 27.4 Å². The van der Waals surface area contributed by atoms with Crippen LogP contribution in [0.3, 0.4) is 0 Å². The van der Waals surface area contributed by atoms with Crippen molar-refractivity contribution in [3.63, 3.8) is 0 Å². The molecule has 0 amide bonds. The number of thioether (sulfide) groups is 1. The minimum atomic E-state index is 0.750. The van der Waals surface area contributed by atoms with Crippen molar-refractivity contribution in [1.29, 1.82) is 0 Å². The number of nitrogens with zero attached hydrogens (tertiary/aromatic N) is 5. The molecule has 2 aromatic heterocycles. The van der Waals surface area contributed by atoms with E-state index in [1.807, 2.05) is 19.2 Å². The topological polar surface area (TPSA) is 68.5 Å². The molecule has 8 heteroatoms. The maximum absolute atomic E-state index is 4.58. The van der Waals surface area contributed by atoms with E-state index >= 15 is 0 Å². The van der Waals surface area contributed by atoms with Gasteiger partial charge in [0.25, 0.3) is 0 Å². The molecular weight excluding hydrogens is 304 g/mol. The lowest BCUT2D eigenvalue weighted by Crippen LogP contribution is -1.94. The highest BCUT2D eigenvalue weighted by Crippen LogP contribution is 2.26. The summed E-state index contributed by atoms with van der Waals surface area (Å²) in [7, 11) is 1.83. The van der Waals surface area contributed by atoms with Crippen molar-refractivity contribution in [1.82, 2.24) is 25.2 Å². The first-order chi connectivity index (χ1) is 10.2. The maximum atomic E-state index is 4.58. The maximum Gasteiger partial charge on any atom is 0.209 e. The van der Waals surface area contributed by atoms with Gasteiger partial charge in [-0.05, 0) is 29.0 Å². The molecule has 0 spiro atoms. The van der Waals surface area contributed by atoms with Gasteiger partial charge in [-0.2, -0.15) is 0 Å². The third kappa shape index (κ3) is 3.40. The SMILES string of the molecule is Cc1ccccc1Nc1nc(CSc2nnnn2C)cs1. The number of aromatic nitrogens is 5. The Kier molecular flexibility index (Phi) is 4.16. The molecule has 108 valence electrons. The zero-order valence-corrected chi connectivity index (χ0v) is 13.3. The summed E-state index contributed by atoms with van der Waals surface area (Å²) in [6, 6.07) is 8.17. The summed E-state index contributed by atoms with van der Waals surface area (Å²) >= 11 is 3.17. The molecule has 0 fully saturated rings. The van der Waals surface area contributed by atoms with Crippen LogP contribution >= 0.6 is 23.1 Å². The van der Waals surface area contributed by atoms with Gasteiger partial charge >= 0.3 is 0 Å². The number of para-hydroxylation sites is 1. The Morgan fingerprint density at radius 1 is 1.33 bits per heavy atom. The van der Waals surface area contributed by atoms with Crippen molar-refractivity contribution in [3.8, 4) is 0 Å². The Bertz CT molecular complexity index is 736. The number of hydrogen-bond acceptors (Lipinski definition) is 7. The Labute approximate surface area is 130 Å². The average molecular weight is 318 g/mol. The Hall–Kier alpha value is -1.93. The molecule has 1 aromatic carbocycles. The van der Waals surface area contributed by atoms with Crippen LogP contribution in [0, 0.1) is 6.92 Å². The molecule has 0 aliphatic rings. The van der Waals surface area contributed by atoms with Crippen LogP contribution in [0.25, 0.3) is 0 Å². The lowest BCUT2D eigenvalue weighted by molar-refractivity contribution is 0.664. The van der Waals surface area contributed by atoms with E-state index in [4.69, 9.17) is 0 Å². The van der Waals surface area contributed by atoms with Crippen molar-refractivity contribution < 1.29 is 0 Å². The molecule has 0 saturated heterocycles. The third-order valence-corrected chi connectivity index (χ3v) is 4.72. The van der Waals surface area contributed by atoms with Crippen molar-refractivity contribution in [2.45, 2.75) is 17.8 Å². The largest absolute Gasteiger partial charge is 0.331 e. The average Bonchev–Trinajstić information content (AvgIpc) is 3.08. The zero-order valence-electron chi connectivity index (χ0n) is 11.6. The Morgan fingerprint density at radius 3 is 2.95 bits per heavy atom. The Morgan fingerprint density at radius 2 is 2.19 bits per heavy atom. The molecular formula is C13H14N6S2. The normalized spacial score (nSPS) is 10.8. The van der Waals surface area contributed by atoms with Crippen LogP contribution in [0.2, 0.25) is 0 Å². The van der Waals surface area contributed by atoms with Gasteiger partial charge < -0.3 is 5.32 Å². The first-order valence-electron chi connectivity index (χ1n) is 6.34. The molecule has 0 bridgehead atoms. The van der Waals surface area contributed by atoms with Gasteiger partial charge in [-0.3, -0.25) is 0 Å². The fourth-order valence-corrected chi connectivity index (χ4v) is 3.31. The lowest BCUT2D eigenvalue weighted by atomic mass is 10.2. The molecule has 0 unspecified atom stereocenters. The van der Waals surface area contributed by atoms with E-state index in [-0.39, 0.29) is 0 Å². The van der Waals surface area contributed by atoms with Gasteiger partial charge in [-0.15, -0.1) is 16.4 Å². The standard InChI is InChI=1S/C13H14N6S2/c1-9-5-3-4-6-11(9)15-12-14-10(7-20-12)8-21-13-16-17-18-19(13)2/h3-7H,8H2,1-2H3,(H,14,15). The van der Waals surface area contributed by atoms with E-state index in [1.165, 1.54) is 5.56 Å². The van der Waals surface area contributed by atoms with Crippen LogP contribution < -0.4 is 5.32 Å². The van der Waals surface area contributed by atoms with Gasteiger partial charge in [-0.25, -0.2) is 9.67 Å². The third-order valence-electron chi connectivity index (χ3n) is 2.87. The van der Waals surface area contributed by atoms with Crippen LogP contribution in [0.4, 0.5) is 10.8 Å². The van der Waals surface area contributed by atoms with Crippen molar-refractivity contribution >= 4 is 33.9 Å². The summed E-state index contributed by atoms with van der Waals surface area (Å²) in [5.41, 5.74) is 3.31. The molecule has 0 radical (unpaired) electrons. The summed E-state index contributed by atoms with van der Waals surface area (Å²) in [6.07, 6.45) is 0. The monoisotopic (exact) mass is 318 g/mol. The second kappa shape index (κ2) is 6.23. The molecule has 3 rings (SSSR count). The van der Waals surface area contributed by atoms with Gasteiger partial charge in [0, 0.05) is 23.9 Å². The van der Waals surface area contributed by atoms with Crippen molar-refractivity contribution in [2.24, 2.45) is 7.05 Å². The molecule has 0 atom stereocenters. The number of hydrogen-bond donors (Lipinski definition) is 1. The molecule has 1 N–H and O–H groups in total. The smallest absolute Gasteiger partial charge is 0.209 e. The highest BCUT2D eigenvalue weighted by molar-refractivity contribution is 7.98. The van der Waals surface area contributed by atoms with E-state index in [1.54, 1.807) is 27.8 Å². The molecule has 0 saturated carbocycles. The molecule has 0 aliphatic heterocycles. The summed E-state index contributed by atoms with van der Waals surface area (Å²) in [5.74, 6) is 0.750. The number of nitrogens with one attached hydrogen (secondary N) is 1. The van der Waals surface area contributed by atoms with Gasteiger partial charge in [-0.1, -0.05) is 30.0 Å². The van der Waals surface area contributed by atoms with Crippen LogP contribution in [0.1, 0.15) is 11.3 Å². The number of thiazole rings is 1. The van der Waals surface area contributed by atoms with Gasteiger partial charge in [0.15, 0.2) is 5.13 Å². The highest BCUT2D eigenvalue weighted by atomic mass is 32.2. The van der Waals surface area contributed by atoms with Crippen LogP contribution in [0.5, 0.6) is 0 Å². The summed E-state index contributed by atoms with van der Waals surface area (Å²) in [4.78, 5) is 4.58. The quantitative estimate of drug-likeness (QED) is 0.729. The predicted octanol–water partition coefficient (Wildman–Crippen LogP) is 3.01. The summed E-state index contributed by atoms with van der Waals surface area (Å²) in [5, 5.41) is 18.5. The minimum absolute atomic E-state index is 0.750. The fourth-order valence-electron chi connectivity index (χ4n) is 1.74. The first-order valence-corrected chi connectivity index (χ1v) is 8.21. The minimum Gasteiger partial charge on any atom is -0.331 e. The molecule has 0 aliphatic carbocycles. The molecule has 3 aromatic rings. The van der Waals surface area contributed by atoms with Crippen molar-refractivity contribution in [2.75, 3.05) is 5.32 Å². The number of rotatable bonds is 5. The number of tetrazole rings is 1. The van der Waals surface area contributed by atoms with Crippen LogP contribution in [0.15, 0.2) is 34.8 Å². The second-order valence-corrected chi connectivity index (χ2v) is 6.26. The number of aryl methyl sites for hydroxylation is 2. The van der Waals surface area contributed by atoms with Crippen LogP contribution in [-0.4, -0.2) is 25.2 Å². The van der Waals surface area contributed by atoms with Gasteiger partial charge in [0.2, 0.25) is 5.16 Å². The Balaban J connectivity index is 1.64. The van der Waals surface area contributed by atoms with E-state index in [2.05, 4.69) is 50.3 Å². The highest BCUT2D eigenvalue weighted by Gasteiger charge is 2.07. The summed E-state index contributed by atoms with van der Waals surface area (Å²) < 4.78 is 1.66. The summed E-state index contributed by atoms with van der Waals surface area (Å²) in [6.45, 7) is 2.08. The van der Waals surface area contributed by atoms with E-state index < -0.39 is 0 Å². The first kappa shape index (κ1) is 14.0. The zero-order chi connectivity index (χ0) is 14.7. The number of anilines is 2. The lowest BCUT2D eigenvalue weighted by Gasteiger charge is -2.05. The molecule has 2 heterocycles. The second-order valence-electron chi connectivity index (χ2n) is 4.46.